The molecule has 0 bridgehead atoms. The molecule has 3 saturated heterocycles. The number of fused-ring (bicyclic) bond motifs is 1. The molecule has 3 aliphatic heterocycles. The van der Waals surface area contributed by atoms with E-state index in [0.29, 0.717) is 24.4 Å². The van der Waals surface area contributed by atoms with Gasteiger partial charge < -0.3 is 9.64 Å². The molecule has 0 saturated carbocycles. The van der Waals surface area contributed by atoms with Crippen LogP contribution in [-0.4, -0.2) is 83.6 Å². The fourth-order valence-electron chi connectivity index (χ4n) is 4.47. The van der Waals surface area contributed by atoms with Crippen molar-refractivity contribution < 1.29 is 9.53 Å². The highest BCUT2D eigenvalue weighted by molar-refractivity contribution is 5.80. The first-order valence-electron chi connectivity index (χ1n) is 9.47. The summed E-state index contributed by atoms with van der Waals surface area (Å²) >= 11 is 0. The van der Waals surface area contributed by atoms with Crippen LogP contribution in [0.15, 0.2) is 18.2 Å². The first-order valence-corrected chi connectivity index (χ1v) is 9.47. The Morgan fingerprint density at radius 2 is 2.00 bits per heavy atom. The first kappa shape index (κ1) is 16.9. The molecular weight excluding hydrogens is 316 g/mol. The second kappa shape index (κ2) is 7.40. The molecule has 0 aliphatic carbocycles. The van der Waals surface area contributed by atoms with Gasteiger partial charge in [0.1, 0.15) is 0 Å². The van der Waals surface area contributed by atoms with Crippen LogP contribution < -0.4 is 0 Å². The van der Waals surface area contributed by atoms with Gasteiger partial charge >= 0.3 is 0 Å². The smallest absolute Gasteiger partial charge is 0.224 e. The van der Waals surface area contributed by atoms with Gasteiger partial charge in [-0.25, -0.2) is 0 Å². The molecule has 4 rings (SSSR count). The van der Waals surface area contributed by atoms with Crippen LogP contribution in [0.2, 0.25) is 0 Å². The zero-order valence-electron chi connectivity index (χ0n) is 15.1. The average Bonchev–Trinajstić information content (AvgIpc) is 3.13. The van der Waals surface area contributed by atoms with Crippen LogP contribution in [0.25, 0.3) is 0 Å². The predicted octanol–water partition coefficient (Wildman–Crippen LogP) is 0.897. The summed E-state index contributed by atoms with van der Waals surface area (Å²) in [7, 11) is 0. The minimum Gasteiger partial charge on any atom is -0.379 e. The Kier molecular flexibility index (Phi) is 5.01. The molecule has 1 aromatic heterocycles. The van der Waals surface area contributed by atoms with Crippen molar-refractivity contribution in [3.8, 4) is 0 Å². The molecule has 0 spiro atoms. The lowest BCUT2D eigenvalue weighted by Crippen LogP contribution is -2.44. The Bertz CT molecular complexity index is 617. The van der Waals surface area contributed by atoms with Crippen LogP contribution in [0.4, 0.5) is 0 Å². The van der Waals surface area contributed by atoms with E-state index in [1.165, 1.54) is 0 Å². The van der Waals surface area contributed by atoms with Gasteiger partial charge in [0.2, 0.25) is 5.91 Å². The standard InChI is InChI=1S/C19H28N4O2/c1-15-3-2-4-16(20-15)14-22-6-5-17-18(22)13-19(24)23(17)8-7-21-9-11-25-12-10-21/h2-4,17-18H,5-14H2,1H3/t17-,18+/m0/s1. The van der Waals surface area contributed by atoms with Gasteiger partial charge in [-0.1, -0.05) is 6.07 Å². The molecule has 6 nitrogen and oxygen atoms in total. The first-order chi connectivity index (χ1) is 12.2. The Morgan fingerprint density at radius 3 is 2.80 bits per heavy atom. The van der Waals surface area contributed by atoms with E-state index in [-0.39, 0.29) is 0 Å². The summed E-state index contributed by atoms with van der Waals surface area (Å²) in [4.78, 5) is 24.2. The Labute approximate surface area is 149 Å². The number of carbonyl (C=O) groups excluding carboxylic acids is 1. The maximum atomic E-state index is 12.6. The molecule has 0 N–H and O–H groups in total. The molecule has 0 unspecified atom stereocenters. The maximum Gasteiger partial charge on any atom is 0.224 e. The number of carbonyl (C=O) groups is 1. The van der Waals surface area contributed by atoms with Gasteiger partial charge in [0, 0.05) is 63.5 Å². The average molecular weight is 344 g/mol. The van der Waals surface area contributed by atoms with Gasteiger partial charge in [-0.15, -0.1) is 0 Å². The zero-order chi connectivity index (χ0) is 17.2. The van der Waals surface area contributed by atoms with Crippen LogP contribution in [0.3, 0.4) is 0 Å². The minimum absolute atomic E-state index is 0.324. The molecule has 2 atom stereocenters. The highest BCUT2D eigenvalue weighted by atomic mass is 16.5. The van der Waals surface area contributed by atoms with Crippen molar-refractivity contribution in [3.63, 3.8) is 0 Å². The summed E-state index contributed by atoms with van der Waals surface area (Å²) < 4.78 is 5.41. The molecule has 6 heteroatoms. The molecular formula is C19H28N4O2. The molecule has 3 fully saturated rings. The zero-order valence-corrected chi connectivity index (χ0v) is 15.1. The van der Waals surface area contributed by atoms with Crippen molar-refractivity contribution in [2.45, 2.75) is 38.4 Å². The number of nitrogens with zero attached hydrogens (tertiary/aromatic N) is 4. The third kappa shape index (κ3) is 3.71. The summed E-state index contributed by atoms with van der Waals surface area (Å²) in [6.45, 7) is 9.38. The predicted molar refractivity (Wildman–Crippen MR) is 95.2 cm³/mol. The fourth-order valence-corrected chi connectivity index (χ4v) is 4.47. The normalized spacial score (nSPS) is 27.9. The van der Waals surface area contributed by atoms with Crippen molar-refractivity contribution in [1.82, 2.24) is 19.7 Å². The SMILES string of the molecule is Cc1cccc(CN2CC[C@H]3[C@H]2CC(=O)N3CCN2CCOCC2)n1. The largest absolute Gasteiger partial charge is 0.379 e. The Morgan fingerprint density at radius 1 is 1.16 bits per heavy atom. The number of hydrogen-bond donors (Lipinski definition) is 0. The fraction of sp³-hybridized carbons (Fsp3) is 0.684. The number of rotatable bonds is 5. The van der Waals surface area contributed by atoms with Crippen molar-refractivity contribution in [3.05, 3.63) is 29.6 Å². The lowest BCUT2D eigenvalue weighted by Gasteiger charge is -2.30. The molecule has 25 heavy (non-hydrogen) atoms. The van der Waals surface area contributed by atoms with Gasteiger partial charge in [0.05, 0.1) is 18.9 Å². The lowest BCUT2D eigenvalue weighted by atomic mass is 10.1. The van der Waals surface area contributed by atoms with Crippen LogP contribution >= 0.6 is 0 Å². The second-order valence-corrected chi connectivity index (χ2v) is 7.41. The van der Waals surface area contributed by atoms with Crippen molar-refractivity contribution in [2.75, 3.05) is 45.9 Å². The van der Waals surface area contributed by atoms with Crippen molar-refractivity contribution in [1.29, 1.82) is 0 Å². The van der Waals surface area contributed by atoms with Gasteiger partial charge in [-0.05, 0) is 25.5 Å². The van der Waals surface area contributed by atoms with E-state index in [2.05, 4.69) is 31.8 Å². The van der Waals surface area contributed by atoms with E-state index < -0.39 is 0 Å². The third-order valence-corrected chi connectivity index (χ3v) is 5.80. The van der Waals surface area contributed by atoms with Crippen molar-refractivity contribution in [2.24, 2.45) is 0 Å². The number of amides is 1. The summed E-state index contributed by atoms with van der Waals surface area (Å²) in [5.74, 6) is 0.324. The van der Waals surface area contributed by atoms with E-state index in [0.717, 1.165) is 70.3 Å². The van der Waals surface area contributed by atoms with Gasteiger partial charge in [-0.2, -0.15) is 0 Å². The monoisotopic (exact) mass is 344 g/mol. The summed E-state index contributed by atoms with van der Waals surface area (Å²) in [6.07, 6.45) is 1.75. The molecule has 0 radical (unpaired) electrons. The van der Waals surface area contributed by atoms with Crippen LogP contribution in [-0.2, 0) is 16.1 Å². The second-order valence-electron chi connectivity index (χ2n) is 7.41. The van der Waals surface area contributed by atoms with Gasteiger partial charge in [-0.3, -0.25) is 19.6 Å². The van der Waals surface area contributed by atoms with Crippen LogP contribution in [0.1, 0.15) is 24.2 Å². The van der Waals surface area contributed by atoms with E-state index in [4.69, 9.17) is 4.74 Å². The number of likely N-dealkylation sites (tertiary alicyclic amines) is 2. The van der Waals surface area contributed by atoms with E-state index in [1.807, 2.05) is 13.0 Å². The van der Waals surface area contributed by atoms with E-state index in [9.17, 15) is 4.79 Å². The van der Waals surface area contributed by atoms with Gasteiger partial charge in [0.15, 0.2) is 0 Å². The molecule has 1 amide bonds. The summed E-state index contributed by atoms with van der Waals surface area (Å²) in [6, 6.07) is 6.94. The number of aromatic nitrogens is 1. The molecule has 136 valence electrons. The summed E-state index contributed by atoms with van der Waals surface area (Å²) in [5, 5.41) is 0. The van der Waals surface area contributed by atoms with Crippen molar-refractivity contribution >= 4 is 5.91 Å². The van der Waals surface area contributed by atoms with Crippen LogP contribution in [0.5, 0.6) is 0 Å². The number of morpholine rings is 1. The topological polar surface area (TPSA) is 48.9 Å². The number of hydrogen-bond acceptors (Lipinski definition) is 5. The highest BCUT2D eigenvalue weighted by Gasteiger charge is 2.46. The van der Waals surface area contributed by atoms with E-state index in [1.54, 1.807) is 0 Å². The Hall–Kier alpha value is -1.50. The third-order valence-electron chi connectivity index (χ3n) is 5.80. The Balaban J connectivity index is 1.35. The molecule has 3 aliphatic rings. The van der Waals surface area contributed by atoms with Gasteiger partial charge in [0.25, 0.3) is 0 Å². The molecule has 0 aromatic carbocycles. The quantitative estimate of drug-likeness (QED) is 0.794. The minimum atomic E-state index is 0.324. The molecule has 1 aromatic rings. The number of pyridine rings is 1. The molecule has 4 heterocycles. The van der Waals surface area contributed by atoms with E-state index >= 15 is 0 Å². The number of ether oxygens (including phenoxy) is 1. The maximum absolute atomic E-state index is 12.6. The summed E-state index contributed by atoms with van der Waals surface area (Å²) in [5.41, 5.74) is 2.17. The van der Waals surface area contributed by atoms with Crippen LogP contribution in [0, 0.1) is 6.92 Å². The lowest BCUT2D eigenvalue weighted by molar-refractivity contribution is -0.129. The highest BCUT2D eigenvalue weighted by Crippen LogP contribution is 2.33. The number of aryl methyl sites for hydroxylation is 1.